The van der Waals surface area contributed by atoms with Crippen molar-refractivity contribution in [3.8, 4) is 0 Å². The molecule has 2 aromatic heterocycles. The maximum Gasteiger partial charge on any atom is 0.407 e. The van der Waals surface area contributed by atoms with Gasteiger partial charge in [-0.05, 0) is 72.4 Å². The standard InChI is InChI=1S/C30H41N7O5S/c1-19-10-11-23(34-43(6,40)41)22(15-19)28(38)36-13-8-7-9-25(36)24-16-26-32-27(20(2)17-37(26)33-24)35-14-12-21(18-35)31-29(39)42-30(3,4)5/h10-11,15-17,21,25,34H,7-9,12-14,18H2,1-6H3,(H,31,39). The number of likely N-dealkylation sites (tertiary alicyclic amines) is 1. The van der Waals surface area contributed by atoms with Gasteiger partial charge in [-0.2, -0.15) is 5.10 Å². The molecule has 3 aromatic rings. The van der Waals surface area contributed by atoms with Gasteiger partial charge in [0.1, 0.15) is 11.4 Å². The Bertz CT molecular complexity index is 1650. The minimum Gasteiger partial charge on any atom is -0.444 e. The fraction of sp³-hybridized carbons (Fsp3) is 0.533. The third-order valence-electron chi connectivity index (χ3n) is 7.64. The predicted molar refractivity (Wildman–Crippen MR) is 165 cm³/mol. The maximum absolute atomic E-state index is 13.9. The fourth-order valence-corrected chi connectivity index (χ4v) is 6.38. The normalized spacial score (nSPS) is 19.5. The van der Waals surface area contributed by atoms with Crippen LogP contribution in [0, 0.1) is 13.8 Å². The molecule has 232 valence electrons. The Kier molecular flexibility index (Phi) is 8.30. The molecule has 0 radical (unpaired) electrons. The van der Waals surface area contributed by atoms with Gasteiger partial charge >= 0.3 is 6.09 Å². The molecule has 43 heavy (non-hydrogen) atoms. The summed E-state index contributed by atoms with van der Waals surface area (Å²) in [6.07, 6.45) is 5.92. The zero-order chi connectivity index (χ0) is 31.1. The number of sulfonamides is 1. The molecule has 2 amide bonds. The predicted octanol–water partition coefficient (Wildman–Crippen LogP) is 4.19. The Morgan fingerprint density at radius 1 is 1.07 bits per heavy atom. The fourth-order valence-electron chi connectivity index (χ4n) is 5.81. The Morgan fingerprint density at radius 3 is 2.56 bits per heavy atom. The number of fused-ring (bicyclic) bond motifs is 1. The van der Waals surface area contributed by atoms with Gasteiger partial charge in [-0.3, -0.25) is 9.52 Å². The van der Waals surface area contributed by atoms with Gasteiger partial charge < -0.3 is 19.9 Å². The van der Waals surface area contributed by atoms with Crippen LogP contribution in [-0.4, -0.2) is 77.4 Å². The van der Waals surface area contributed by atoms with Crippen molar-refractivity contribution >= 4 is 39.2 Å². The average Bonchev–Trinajstić information content (AvgIpc) is 3.53. The third kappa shape index (κ3) is 7.20. The molecule has 0 saturated carbocycles. The second-order valence-corrected chi connectivity index (χ2v) is 14.4. The average molecular weight is 612 g/mol. The van der Waals surface area contributed by atoms with Crippen molar-refractivity contribution in [2.24, 2.45) is 0 Å². The first-order valence-electron chi connectivity index (χ1n) is 14.7. The van der Waals surface area contributed by atoms with Gasteiger partial charge in [0.15, 0.2) is 5.65 Å². The van der Waals surface area contributed by atoms with E-state index in [1.165, 1.54) is 0 Å². The molecule has 12 nitrogen and oxygen atoms in total. The van der Waals surface area contributed by atoms with E-state index in [9.17, 15) is 18.0 Å². The molecule has 0 bridgehead atoms. The van der Waals surface area contributed by atoms with Crippen LogP contribution in [0.5, 0.6) is 0 Å². The molecule has 4 heterocycles. The molecule has 2 N–H and O–H groups in total. The highest BCUT2D eigenvalue weighted by Crippen LogP contribution is 2.34. The van der Waals surface area contributed by atoms with E-state index in [1.807, 2.05) is 46.9 Å². The minimum absolute atomic E-state index is 0.0433. The van der Waals surface area contributed by atoms with Crippen molar-refractivity contribution in [3.05, 3.63) is 52.8 Å². The second-order valence-electron chi connectivity index (χ2n) is 12.6. The van der Waals surface area contributed by atoms with E-state index in [2.05, 4.69) is 14.9 Å². The van der Waals surface area contributed by atoms with Gasteiger partial charge in [-0.15, -0.1) is 0 Å². The number of carbonyl (C=O) groups is 2. The topological polar surface area (TPSA) is 138 Å². The number of ether oxygens (including phenoxy) is 1. The number of hydrogen-bond acceptors (Lipinski definition) is 8. The van der Waals surface area contributed by atoms with Crippen LogP contribution in [-0.2, 0) is 14.8 Å². The minimum atomic E-state index is -3.57. The number of alkyl carbamates (subject to hydrolysis) is 1. The molecule has 2 aliphatic heterocycles. The van der Waals surface area contributed by atoms with Crippen LogP contribution >= 0.6 is 0 Å². The summed E-state index contributed by atoms with van der Waals surface area (Å²) in [5, 5.41) is 7.80. The van der Waals surface area contributed by atoms with Gasteiger partial charge in [-0.1, -0.05) is 11.6 Å². The van der Waals surface area contributed by atoms with Gasteiger partial charge in [0, 0.05) is 37.5 Å². The molecular formula is C30H41N7O5S. The summed E-state index contributed by atoms with van der Waals surface area (Å²) < 4.78 is 33.7. The van der Waals surface area contributed by atoms with Crippen LogP contribution in [0.2, 0.25) is 0 Å². The number of nitrogens with zero attached hydrogens (tertiary/aromatic N) is 5. The van der Waals surface area contributed by atoms with E-state index in [0.717, 1.165) is 61.1 Å². The summed E-state index contributed by atoms with van der Waals surface area (Å²) in [5.41, 5.74) is 3.26. The first-order valence-corrected chi connectivity index (χ1v) is 16.6. The lowest BCUT2D eigenvalue weighted by Crippen LogP contribution is -2.40. The molecule has 0 spiro atoms. The van der Waals surface area contributed by atoms with Crippen LogP contribution in [0.25, 0.3) is 5.65 Å². The number of anilines is 2. The number of aromatic nitrogens is 3. The second kappa shape index (κ2) is 11.7. The molecule has 0 aliphatic carbocycles. The Hall–Kier alpha value is -3.87. The Labute approximate surface area is 252 Å². The van der Waals surface area contributed by atoms with E-state index in [0.29, 0.717) is 24.3 Å². The monoisotopic (exact) mass is 611 g/mol. The molecule has 2 saturated heterocycles. The van der Waals surface area contributed by atoms with E-state index >= 15 is 0 Å². The first kappa shape index (κ1) is 30.6. The van der Waals surface area contributed by atoms with Crippen LogP contribution in [0.15, 0.2) is 30.5 Å². The highest BCUT2D eigenvalue weighted by atomic mass is 32.2. The lowest BCUT2D eigenvalue weighted by molar-refractivity contribution is 0.0508. The summed E-state index contributed by atoms with van der Waals surface area (Å²) >= 11 is 0. The van der Waals surface area contributed by atoms with Gasteiger partial charge in [0.2, 0.25) is 10.0 Å². The summed E-state index contributed by atoms with van der Waals surface area (Å²) in [6.45, 7) is 11.3. The van der Waals surface area contributed by atoms with Gasteiger partial charge in [0.25, 0.3) is 5.91 Å². The summed E-state index contributed by atoms with van der Waals surface area (Å²) in [4.78, 5) is 35.1. The number of piperidine rings is 1. The SMILES string of the molecule is Cc1ccc(NS(C)(=O)=O)c(C(=O)N2CCCCC2c2cc3nc(N4CCC(NC(=O)OC(C)(C)C)C4)c(C)cn3n2)c1. The number of nitrogens with one attached hydrogen (secondary N) is 2. The van der Waals surface area contributed by atoms with Crippen LogP contribution in [0.1, 0.15) is 79.7 Å². The largest absolute Gasteiger partial charge is 0.444 e. The summed E-state index contributed by atoms with van der Waals surface area (Å²) in [6, 6.07) is 6.75. The van der Waals surface area contributed by atoms with E-state index in [4.69, 9.17) is 14.8 Å². The zero-order valence-corrected chi connectivity index (χ0v) is 26.5. The van der Waals surface area contributed by atoms with Crippen molar-refractivity contribution in [1.82, 2.24) is 24.8 Å². The third-order valence-corrected chi connectivity index (χ3v) is 8.23. The number of hydrogen-bond donors (Lipinski definition) is 2. The summed E-state index contributed by atoms with van der Waals surface area (Å²) in [5.74, 6) is 0.599. The molecule has 2 aliphatic rings. The van der Waals surface area contributed by atoms with E-state index in [1.54, 1.807) is 27.6 Å². The molecule has 2 unspecified atom stereocenters. The maximum atomic E-state index is 13.9. The smallest absolute Gasteiger partial charge is 0.407 e. The quantitative estimate of drug-likeness (QED) is 0.423. The molecule has 2 atom stereocenters. The lowest BCUT2D eigenvalue weighted by atomic mass is 9.97. The molecule has 1 aromatic carbocycles. The number of amides is 2. The van der Waals surface area contributed by atoms with Crippen molar-refractivity contribution in [2.45, 2.75) is 78.0 Å². The van der Waals surface area contributed by atoms with Gasteiger partial charge in [0.05, 0.1) is 35.3 Å². The van der Waals surface area contributed by atoms with E-state index in [-0.39, 0.29) is 23.7 Å². The van der Waals surface area contributed by atoms with Crippen molar-refractivity contribution in [3.63, 3.8) is 0 Å². The summed E-state index contributed by atoms with van der Waals surface area (Å²) in [7, 11) is -3.57. The lowest BCUT2D eigenvalue weighted by Gasteiger charge is -2.35. The van der Waals surface area contributed by atoms with E-state index < -0.39 is 21.7 Å². The zero-order valence-electron chi connectivity index (χ0n) is 25.7. The Balaban J connectivity index is 1.38. The molecular weight excluding hydrogens is 570 g/mol. The van der Waals surface area contributed by atoms with Crippen molar-refractivity contribution < 1.29 is 22.7 Å². The first-order chi connectivity index (χ1) is 20.2. The van der Waals surface area contributed by atoms with Crippen molar-refractivity contribution in [2.75, 3.05) is 35.5 Å². The molecule has 13 heteroatoms. The number of benzene rings is 1. The van der Waals surface area contributed by atoms with Crippen LogP contribution < -0.4 is 14.9 Å². The number of rotatable bonds is 6. The molecule has 5 rings (SSSR count). The molecule has 2 fully saturated rings. The highest BCUT2D eigenvalue weighted by molar-refractivity contribution is 7.92. The van der Waals surface area contributed by atoms with Gasteiger partial charge in [-0.25, -0.2) is 22.7 Å². The highest BCUT2D eigenvalue weighted by Gasteiger charge is 2.33. The van der Waals surface area contributed by atoms with Crippen LogP contribution in [0.4, 0.5) is 16.3 Å². The van der Waals surface area contributed by atoms with Crippen LogP contribution in [0.3, 0.4) is 0 Å². The number of aryl methyl sites for hydroxylation is 2. The Morgan fingerprint density at radius 2 is 1.84 bits per heavy atom. The number of carbonyl (C=O) groups excluding carboxylic acids is 2. The van der Waals surface area contributed by atoms with Crippen molar-refractivity contribution in [1.29, 1.82) is 0 Å².